The molecule has 0 atom stereocenters. The Bertz CT molecular complexity index is 485. The lowest BCUT2D eigenvalue weighted by Gasteiger charge is -2.36. The van der Waals surface area contributed by atoms with Crippen LogP contribution in [0.2, 0.25) is 0 Å². The maximum absolute atomic E-state index is 9.67. The minimum Gasteiger partial charge on any atom is -0.497 e. The van der Waals surface area contributed by atoms with E-state index in [4.69, 9.17) is 9.47 Å². The summed E-state index contributed by atoms with van der Waals surface area (Å²) in [6.45, 7) is 1.87. The summed E-state index contributed by atoms with van der Waals surface area (Å²) in [5.41, 5.74) is 0.538. The van der Waals surface area contributed by atoms with Crippen LogP contribution in [0.1, 0.15) is 18.4 Å². The summed E-state index contributed by atoms with van der Waals surface area (Å²) < 4.78 is 10.7. The van der Waals surface area contributed by atoms with Gasteiger partial charge in [-0.2, -0.15) is 5.26 Å². The van der Waals surface area contributed by atoms with Crippen molar-refractivity contribution in [2.75, 3.05) is 34.4 Å². The lowest BCUT2D eigenvalue weighted by molar-refractivity contribution is 0.218. The number of nitrogens with zero attached hydrogens (tertiary/aromatic N) is 2. The van der Waals surface area contributed by atoms with Crippen LogP contribution in [-0.4, -0.2) is 39.3 Å². The Morgan fingerprint density at radius 3 is 2.42 bits per heavy atom. The fraction of sp³-hybridized carbons (Fsp3) is 0.533. The molecule has 0 aromatic heterocycles. The summed E-state index contributed by atoms with van der Waals surface area (Å²) in [6.07, 6.45) is 1.67. The van der Waals surface area contributed by atoms with Gasteiger partial charge in [0.05, 0.1) is 25.7 Å². The number of likely N-dealkylation sites (tertiary alicyclic amines) is 1. The lowest BCUT2D eigenvalue weighted by atomic mass is 9.73. The van der Waals surface area contributed by atoms with Crippen LogP contribution in [0.4, 0.5) is 0 Å². The van der Waals surface area contributed by atoms with Gasteiger partial charge in [0, 0.05) is 11.6 Å². The third-order valence-corrected chi connectivity index (χ3v) is 3.98. The van der Waals surface area contributed by atoms with Crippen molar-refractivity contribution in [3.8, 4) is 17.6 Å². The second kappa shape index (κ2) is 5.50. The van der Waals surface area contributed by atoms with Crippen LogP contribution in [-0.2, 0) is 5.41 Å². The Balaban J connectivity index is 2.41. The molecule has 1 aliphatic heterocycles. The molecule has 0 amide bonds. The average molecular weight is 260 g/mol. The molecule has 2 rings (SSSR count). The molecule has 0 saturated carbocycles. The number of hydrogen-bond donors (Lipinski definition) is 0. The zero-order valence-corrected chi connectivity index (χ0v) is 11.8. The molecule has 102 valence electrons. The van der Waals surface area contributed by atoms with Crippen LogP contribution < -0.4 is 9.47 Å². The molecule has 1 saturated heterocycles. The number of nitriles is 1. The quantitative estimate of drug-likeness (QED) is 0.835. The molecule has 0 N–H and O–H groups in total. The smallest absolute Gasteiger partial charge is 0.127 e. The molecule has 0 aliphatic carbocycles. The molecule has 19 heavy (non-hydrogen) atoms. The minimum absolute atomic E-state index is 0.440. The van der Waals surface area contributed by atoms with Crippen LogP contribution >= 0.6 is 0 Å². The molecule has 1 heterocycles. The summed E-state index contributed by atoms with van der Waals surface area (Å²) in [5.74, 6) is 1.49. The third kappa shape index (κ3) is 2.52. The molecule has 0 bridgehead atoms. The normalized spacial score (nSPS) is 18.6. The molecular formula is C15H20N2O2. The van der Waals surface area contributed by atoms with Crippen molar-refractivity contribution < 1.29 is 9.47 Å². The monoisotopic (exact) mass is 260 g/mol. The average Bonchev–Trinajstić information content (AvgIpc) is 2.48. The third-order valence-electron chi connectivity index (χ3n) is 3.98. The van der Waals surface area contributed by atoms with Crippen LogP contribution in [0.15, 0.2) is 18.2 Å². The van der Waals surface area contributed by atoms with Gasteiger partial charge in [0.2, 0.25) is 0 Å². The highest BCUT2D eigenvalue weighted by Gasteiger charge is 2.38. The molecule has 1 aromatic carbocycles. The summed E-state index contributed by atoms with van der Waals surface area (Å²) in [5, 5.41) is 9.67. The first-order chi connectivity index (χ1) is 9.15. The van der Waals surface area contributed by atoms with Gasteiger partial charge in [0.25, 0.3) is 0 Å². The zero-order valence-electron chi connectivity index (χ0n) is 11.8. The fourth-order valence-electron chi connectivity index (χ4n) is 2.64. The lowest BCUT2D eigenvalue weighted by Crippen LogP contribution is -2.40. The van der Waals surface area contributed by atoms with Crippen molar-refractivity contribution >= 4 is 0 Å². The number of rotatable bonds is 3. The van der Waals surface area contributed by atoms with Crippen LogP contribution in [0.3, 0.4) is 0 Å². The predicted octanol–water partition coefficient (Wildman–Crippen LogP) is 2.19. The number of ether oxygens (including phenoxy) is 2. The molecule has 1 fully saturated rings. The molecule has 0 spiro atoms. The van der Waals surface area contributed by atoms with Crippen LogP contribution in [0.25, 0.3) is 0 Å². The van der Waals surface area contributed by atoms with Crippen molar-refractivity contribution in [2.24, 2.45) is 0 Å². The second-order valence-corrected chi connectivity index (χ2v) is 5.06. The molecule has 0 radical (unpaired) electrons. The van der Waals surface area contributed by atoms with E-state index in [-0.39, 0.29) is 0 Å². The second-order valence-electron chi connectivity index (χ2n) is 5.06. The summed E-state index contributed by atoms with van der Waals surface area (Å²) >= 11 is 0. The van der Waals surface area contributed by atoms with Gasteiger partial charge in [-0.3, -0.25) is 0 Å². The number of benzene rings is 1. The Hall–Kier alpha value is -1.73. The first-order valence-corrected chi connectivity index (χ1v) is 6.47. The highest BCUT2D eigenvalue weighted by molar-refractivity contribution is 5.48. The minimum atomic E-state index is -0.440. The summed E-state index contributed by atoms with van der Waals surface area (Å²) in [7, 11) is 5.36. The Morgan fingerprint density at radius 2 is 1.89 bits per heavy atom. The molecular weight excluding hydrogens is 240 g/mol. The van der Waals surface area contributed by atoms with Gasteiger partial charge in [-0.25, -0.2) is 0 Å². The van der Waals surface area contributed by atoms with E-state index in [1.165, 1.54) is 0 Å². The maximum atomic E-state index is 9.67. The number of hydrogen-bond acceptors (Lipinski definition) is 4. The van der Waals surface area contributed by atoms with Crippen molar-refractivity contribution in [1.82, 2.24) is 4.90 Å². The van der Waals surface area contributed by atoms with Gasteiger partial charge in [0.15, 0.2) is 0 Å². The van der Waals surface area contributed by atoms with Gasteiger partial charge in [0.1, 0.15) is 11.5 Å². The van der Waals surface area contributed by atoms with Crippen molar-refractivity contribution in [3.05, 3.63) is 23.8 Å². The van der Waals surface area contributed by atoms with Gasteiger partial charge >= 0.3 is 0 Å². The first kappa shape index (κ1) is 13.7. The molecule has 0 unspecified atom stereocenters. The predicted molar refractivity (Wildman–Crippen MR) is 73.6 cm³/mol. The van der Waals surface area contributed by atoms with E-state index in [0.29, 0.717) is 0 Å². The fourth-order valence-corrected chi connectivity index (χ4v) is 2.64. The molecule has 4 heteroatoms. The SMILES string of the molecule is COc1ccc(C2(C#N)CCN(C)CC2)c(OC)c1. The van der Waals surface area contributed by atoms with Gasteiger partial charge < -0.3 is 14.4 Å². The zero-order chi connectivity index (χ0) is 13.9. The van der Waals surface area contributed by atoms with Gasteiger partial charge in [-0.15, -0.1) is 0 Å². The van der Waals surface area contributed by atoms with Gasteiger partial charge in [-0.1, -0.05) is 6.07 Å². The van der Waals surface area contributed by atoms with E-state index >= 15 is 0 Å². The van der Waals surface area contributed by atoms with E-state index < -0.39 is 5.41 Å². The maximum Gasteiger partial charge on any atom is 0.127 e. The Kier molecular flexibility index (Phi) is 3.96. The molecule has 1 aliphatic rings. The van der Waals surface area contributed by atoms with E-state index in [0.717, 1.165) is 43.0 Å². The van der Waals surface area contributed by atoms with Crippen molar-refractivity contribution in [3.63, 3.8) is 0 Å². The van der Waals surface area contributed by atoms with Crippen molar-refractivity contribution in [1.29, 1.82) is 5.26 Å². The van der Waals surface area contributed by atoms with E-state index in [2.05, 4.69) is 18.0 Å². The largest absolute Gasteiger partial charge is 0.497 e. The Labute approximate surface area is 114 Å². The molecule has 1 aromatic rings. The van der Waals surface area contributed by atoms with E-state index in [1.807, 2.05) is 18.2 Å². The summed E-state index contributed by atoms with van der Waals surface area (Å²) in [6, 6.07) is 8.24. The summed E-state index contributed by atoms with van der Waals surface area (Å²) in [4.78, 5) is 2.26. The van der Waals surface area contributed by atoms with Gasteiger partial charge in [-0.05, 0) is 39.0 Å². The topological polar surface area (TPSA) is 45.5 Å². The highest BCUT2D eigenvalue weighted by Crippen LogP contribution is 2.40. The van der Waals surface area contributed by atoms with Crippen LogP contribution in [0.5, 0.6) is 11.5 Å². The van der Waals surface area contributed by atoms with Crippen molar-refractivity contribution in [2.45, 2.75) is 18.3 Å². The van der Waals surface area contributed by atoms with Crippen LogP contribution in [0, 0.1) is 11.3 Å². The Morgan fingerprint density at radius 1 is 1.21 bits per heavy atom. The van der Waals surface area contributed by atoms with E-state index in [9.17, 15) is 5.26 Å². The molecule has 4 nitrogen and oxygen atoms in total. The number of piperidine rings is 1. The first-order valence-electron chi connectivity index (χ1n) is 6.47. The number of methoxy groups -OCH3 is 2. The standard InChI is InChI=1S/C15H20N2O2/c1-17-8-6-15(11-16,7-9-17)13-5-4-12(18-2)10-14(13)19-3/h4-5,10H,6-9H2,1-3H3. The van der Waals surface area contributed by atoms with E-state index in [1.54, 1.807) is 14.2 Å². The highest BCUT2D eigenvalue weighted by atomic mass is 16.5.